The van der Waals surface area contributed by atoms with Crippen LogP contribution in [0.5, 0.6) is 0 Å². The first kappa shape index (κ1) is 16.5. The Bertz CT molecular complexity index is 887. The number of nitrogens with one attached hydrogen (secondary N) is 1. The lowest BCUT2D eigenvalue weighted by Gasteiger charge is -2.39. The Kier molecular flexibility index (Phi) is 4.01. The number of carbonyl (C=O) groups is 1. The zero-order valence-electron chi connectivity index (χ0n) is 13.6. The molecule has 0 amide bonds. The molecule has 2 aromatic rings. The van der Waals surface area contributed by atoms with Gasteiger partial charge < -0.3 is 10.4 Å². The van der Waals surface area contributed by atoms with Crippen molar-refractivity contribution in [2.75, 3.05) is 5.32 Å². The largest absolute Gasteiger partial charge is 0.478 e. The van der Waals surface area contributed by atoms with E-state index in [1.54, 1.807) is 6.07 Å². The molecule has 1 aliphatic carbocycles. The fourth-order valence-corrected chi connectivity index (χ4v) is 4.77. The predicted molar refractivity (Wildman–Crippen MR) is 101 cm³/mol. The quantitative estimate of drug-likeness (QED) is 0.651. The number of allylic oxidation sites excluding steroid dienone is 2. The van der Waals surface area contributed by atoms with Crippen LogP contribution in [0.1, 0.15) is 45.4 Å². The third-order valence-corrected chi connectivity index (χ3v) is 6.00. The SMILES string of the molecule is Cc1c(C(=O)O)ccc2c1N[C@@H](c1c(Cl)cccc1Cl)[C@H]1CC=C[C@@H]21. The van der Waals surface area contributed by atoms with Crippen LogP contribution in [-0.4, -0.2) is 11.1 Å². The fraction of sp³-hybridized carbons (Fsp3) is 0.250. The van der Waals surface area contributed by atoms with E-state index in [0.29, 0.717) is 21.5 Å². The number of hydrogen-bond donors (Lipinski definition) is 2. The maximum atomic E-state index is 11.5. The summed E-state index contributed by atoms with van der Waals surface area (Å²) in [5, 5.41) is 14.3. The van der Waals surface area contributed by atoms with Crippen LogP contribution < -0.4 is 5.32 Å². The number of fused-ring (bicyclic) bond motifs is 3. The van der Waals surface area contributed by atoms with E-state index >= 15 is 0 Å². The Morgan fingerprint density at radius 1 is 1.20 bits per heavy atom. The van der Waals surface area contributed by atoms with Gasteiger partial charge in [0, 0.05) is 27.2 Å². The highest BCUT2D eigenvalue weighted by atomic mass is 35.5. The lowest BCUT2D eigenvalue weighted by molar-refractivity contribution is 0.0696. The maximum absolute atomic E-state index is 11.5. The molecule has 0 saturated heterocycles. The number of halogens is 2. The van der Waals surface area contributed by atoms with Crippen LogP contribution in [0.3, 0.4) is 0 Å². The van der Waals surface area contributed by atoms with Crippen LogP contribution in [0.4, 0.5) is 5.69 Å². The number of hydrogen-bond acceptors (Lipinski definition) is 2. The van der Waals surface area contributed by atoms with Crippen molar-refractivity contribution < 1.29 is 9.90 Å². The summed E-state index contributed by atoms with van der Waals surface area (Å²) in [6, 6.07) is 9.09. The molecule has 1 aliphatic heterocycles. The predicted octanol–water partition coefficient (Wildman–Crippen LogP) is 5.83. The Hall–Kier alpha value is -1.97. The molecule has 0 radical (unpaired) electrons. The van der Waals surface area contributed by atoms with Crippen LogP contribution in [0.15, 0.2) is 42.5 Å². The second-order valence-electron chi connectivity index (χ2n) is 6.62. The number of benzene rings is 2. The van der Waals surface area contributed by atoms with Crippen molar-refractivity contribution in [3.05, 3.63) is 74.8 Å². The molecule has 0 spiro atoms. The van der Waals surface area contributed by atoms with E-state index in [1.165, 1.54) is 0 Å². The van der Waals surface area contributed by atoms with Crippen LogP contribution in [0.25, 0.3) is 0 Å². The molecule has 3 nitrogen and oxygen atoms in total. The fourth-order valence-electron chi connectivity index (χ4n) is 4.14. The zero-order chi connectivity index (χ0) is 17.7. The molecule has 0 saturated carbocycles. The van der Waals surface area contributed by atoms with Gasteiger partial charge in [0.05, 0.1) is 11.6 Å². The summed E-state index contributed by atoms with van der Waals surface area (Å²) in [6.45, 7) is 1.85. The molecule has 0 aromatic heterocycles. The minimum atomic E-state index is -0.918. The zero-order valence-corrected chi connectivity index (χ0v) is 15.1. The third-order valence-electron chi connectivity index (χ3n) is 5.34. The van der Waals surface area contributed by atoms with Gasteiger partial charge in [-0.1, -0.05) is 47.5 Å². The lowest BCUT2D eigenvalue weighted by Crippen LogP contribution is -2.30. The van der Waals surface area contributed by atoms with E-state index in [1.807, 2.05) is 31.2 Å². The molecule has 0 unspecified atom stereocenters. The van der Waals surface area contributed by atoms with Crippen molar-refractivity contribution in [3.63, 3.8) is 0 Å². The van der Waals surface area contributed by atoms with Crippen molar-refractivity contribution in [3.8, 4) is 0 Å². The van der Waals surface area contributed by atoms with E-state index in [2.05, 4.69) is 17.5 Å². The number of anilines is 1. The number of rotatable bonds is 2. The molecular formula is C20H17Cl2NO2. The molecule has 3 atom stereocenters. The normalized spacial score (nSPS) is 23.7. The third kappa shape index (κ3) is 2.54. The smallest absolute Gasteiger partial charge is 0.336 e. The summed E-state index contributed by atoms with van der Waals surface area (Å²) in [7, 11) is 0. The molecule has 25 heavy (non-hydrogen) atoms. The Morgan fingerprint density at radius 3 is 2.60 bits per heavy atom. The Morgan fingerprint density at radius 2 is 1.92 bits per heavy atom. The molecule has 4 rings (SSSR count). The molecule has 5 heteroatoms. The van der Waals surface area contributed by atoms with Gasteiger partial charge in [-0.25, -0.2) is 4.79 Å². The van der Waals surface area contributed by atoms with Crippen molar-refractivity contribution in [2.45, 2.75) is 25.3 Å². The molecule has 0 bridgehead atoms. The molecule has 0 fully saturated rings. The minimum absolute atomic E-state index is 0.0588. The lowest BCUT2D eigenvalue weighted by atomic mass is 9.76. The standard InChI is InChI=1S/C20H17Cl2NO2/c1-10-11(20(24)25)8-9-14-12-4-2-5-13(12)19(23-18(10)14)17-15(21)6-3-7-16(17)22/h2-4,6-9,12-13,19,23H,5H2,1H3,(H,24,25)/t12-,13+,19-/m1/s1. The first-order valence-corrected chi connectivity index (χ1v) is 8.98. The van der Waals surface area contributed by atoms with E-state index in [-0.39, 0.29) is 12.0 Å². The van der Waals surface area contributed by atoms with E-state index in [0.717, 1.165) is 28.8 Å². The van der Waals surface area contributed by atoms with Crippen molar-refractivity contribution in [2.24, 2.45) is 5.92 Å². The summed E-state index contributed by atoms with van der Waals surface area (Å²) >= 11 is 12.9. The first-order chi connectivity index (χ1) is 12.0. The topological polar surface area (TPSA) is 49.3 Å². The summed E-state index contributed by atoms with van der Waals surface area (Å²) in [6.07, 6.45) is 5.33. The van der Waals surface area contributed by atoms with Gasteiger partial charge >= 0.3 is 5.97 Å². The molecular weight excluding hydrogens is 357 g/mol. The van der Waals surface area contributed by atoms with Gasteiger partial charge in [0.2, 0.25) is 0 Å². The highest BCUT2D eigenvalue weighted by molar-refractivity contribution is 6.36. The highest BCUT2D eigenvalue weighted by Gasteiger charge is 2.40. The summed E-state index contributed by atoms with van der Waals surface area (Å²) in [5.74, 6) is -0.381. The van der Waals surface area contributed by atoms with Gasteiger partial charge in [-0.15, -0.1) is 0 Å². The van der Waals surface area contributed by atoms with Gasteiger partial charge in [0.1, 0.15) is 0 Å². The molecule has 2 aliphatic rings. The minimum Gasteiger partial charge on any atom is -0.478 e. The van der Waals surface area contributed by atoms with Gasteiger partial charge in [0.25, 0.3) is 0 Å². The summed E-state index contributed by atoms with van der Waals surface area (Å²) < 4.78 is 0. The molecule has 1 heterocycles. The number of aromatic carboxylic acids is 1. The average Bonchev–Trinajstić information content (AvgIpc) is 3.05. The second-order valence-corrected chi connectivity index (χ2v) is 7.43. The van der Waals surface area contributed by atoms with E-state index in [9.17, 15) is 9.90 Å². The van der Waals surface area contributed by atoms with Crippen LogP contribution >= 0.6 is 23.2 Å². The summed E-state index contributed by atoms with van der Waals surface area (Å²) in [5.41, 5.74) is 3.97. The number of carboxylic acid groups (broad SMARTS) is 1. The van der Waals surface area contributed by atoms with Gasteiger partial charge in [-0.05, 0) is 48.6 Å². The average molecular weight is 374 g/mol. The molecule has 128 valence electrons. The monoisotopic (exact) mass is 373 g/mol. The Labute approximate surface area is 156 Å². The second kappa shape index (κ2) is 6.08. The molecule has 2 N–H and O–H groups in total. The van der Waals surface area contributed by atoms with E-state index in [4.69, 9.17) is 23.2 Å². The van der Waals surface area contributed by atoms with Crippen molar-refractivity contribution in [1.29, 1.82) is 0 Å². The number of carboxylic acids is 1. The van der Waals surface area contributed by atoms with Crippen molar-refractivity contribution in [1.82, 2.24) is 0 Å². The summed E-state index contributed by atoms with van der Waals surface area (Å²) in [4.78, 5) is 11.5. The molecule has 2 aromatic carbocycles. The van der Waals surface area contributed by atoms with Crippen LogP contribution in [0.2, 0.25) is 10.0 Å². The highest BCUT2D eigenvalue weighted by Crippen LogP contribution is 2.52. The van der Waals surface area contributed by atoms with Gasteiger partial charge in [-0.2, -0.15) is 0 Å². The van der Waals surface area contributed by atoms with Crippen LogP contribution in [0, 0.1) is 12.8 Å². The van der Waals surface area contributed by atoms with Crippen LogP contribution in [-0.2, 0) is 0 Å². The first-order valence-electron chi connectivity index (χ1n) is 8.23. The Balaban J connectivity index is 1.89. The van der Waals surface area contributed by atoms with Crippen molar-refractivity contribution >= 4 is 34.9 Å². The van der Waals surface area contributed by atoms with E-state index < -0.39 is 5.97 Å². The van der Waals surface area contributed by atoms with Gasteiger partial charge in [0.15, 0.2) is 0 Å². The maximum Gasteiger partial charge on any atom is 0.336 e. The van der Waals surface area contributed by atoms with Gasteiger partial charge in [-0.3, -0.25) is 0 Å².